The van der Waals surface area contributed by atoms with Gasteiger partial charge < -0.3 is 9.64 Å². The van der Waals surface area contributed by atoms with Crippen molar-refractivity contribution in [3.8, 4) is 44.9 Å². The summed E-state index contributed by atoms with van der Waals surface area (Å²) in [5.74, 6) is 1.80. The second-order valence-electron chi connectivity index (χ2n) is 18.9. The van der Waals surface area contributed by atoms with Gasteiger partial charge >= 0.3 is 0 Å². The minimum absolute atomic E-state index is 0.362. The van der Waals surface area contributed by atoms with Gasteiger partial charge in [-0.3, -0.25) is 0 Å². The minimum atomic E-state index is -0.539. The highest BCUT2D eigenvalue weighted by Crippen LogP contribution is 2.65. The van der Waals surface area contributed by atoms with Crippen LogP contribution in [0, 0.1) is 0 Å². The van der Waals surface area contributed by atoms with Crippen molar-refractivity contribution < 1.29 is 4.74 Å². The van der Waals surface area contributed by atoms with Gasteiger partial charge in [-0.25, -0.2) is 0 Å². The molecule has 1 atom stereocenters. The second kappa shape index (κ2) is 14.7. The highest BCUT2D eigenvalue weighted by molar-refractivity contribution is 8.03. The molecule has 10 aromatic rings. The molecule has 10 aromatic carbocycles. The van der Waals surface area contributed by atoms with Gasteiger partial charge in [-0.1, -0.05) is 194 Å². The third-order valence-corrected chi connectivity index (χ3v) is 16.9. The fourth-order valence-corrected chi connectivity index (χ4v) is 14.2. The number of benzene rings is 10. The molecule has 5 aliphatic rings. The molecule has 0 bridgehead atoms. The Bertz CT molecular complexity index is 3830. The molecule has 3 heteroatoms. The van der Waals surface area contributed by atoms with E-state index in [4.69, 9.17) is 4.74 Å². The van der Waals surface area contributed by atoms with E-state index in [9.17, 15) is 0 Å². The van der Waals surface area contributed by atoms with Gasteiger partial charge in [0.25, 0.3) is 0 Å². The Morgan fingerprint density at radius 2 is 0.928 bits per heavy atom. The molecule has 0 radical (unpaired) electrons. The number of hydrogen-bond acceptors (Lipinski definition) is 3. The van der Waals surface area contributed by atoms with E-state index in [1.54, 1.807) is 0 Å². The fourth-order valence-electron chi connectivity index (χ4n) is 13.0. The maximum absolute atomic E-state index is 6.67. The molecule has 1 unspecified atom stereocenters. The SMILES string of the molecule is C1=CC2=C(CC1)C1(c3ccccc3S2)c2ccccc2-c2cc(N(c3ccc(-c4cccc5ccccc45)cc3)c3ccc4c(c3)-c3ccccc3C43c4ccccc4Oc4ccccc43)ccc21. The Labute approximate surface area is 406 Å². The number of thioether (sulfide) groups is 1. The summed E-state index contributed by atoms with van der Waals surface area (Å²) in [7, 11) is 0. The Balaban J connectivity index is 0.962. The van der Waals surface area contributed by atoms with Crippen LogP contribution in [0.4, 0.5) is 17.1 Å². The summed E-state index contributed by atoms with van der Waals surface area (Å²) in [4.78, 5) is 5.22. The van der Waals surface area contributed by atoms with Crippen LogP contribution < -0.4 is 9.64 Å². The van der Waals surface area contributed by atoms with Gasteiger partial charge in [0, 0.05) is 38.0 Å². The van der Waals surface area contributed by atoms with E-state index in [0.717, 1.165) is 41.4 Å². The average molecular weight is 898 g/mol. The lowest BCUT2D eigenvalue weighted by Gasteiger charge is -2.42. The van der Waals surface area contributed by atoms with Gasteiger partial charge in [0.05, 0.1) is 10.8 Å². The molecule has 15 rings (SSSR count). The molecule has 2 aliphatic heterocycles. The summed E-state index contributed by atoms with van der Waals surface area (Å²) in [6.45, 7) is 0. The van der Waals surface area contributed by atoms with Gasteiger partial charge in [0.1, 0.15) is 11.5 Å². The lowest BCUT2D eigenvalue weighted by Crippen LogP contribution is -2.33. The molecule has 0 saturated heterocycles. The zero-order chi connectivity index (χ0) is 45.3. The summed E-state index contributed by atoms with van der Waals surface area (Å²) in [5.41, 5.74) is 20.5. The molecule has 2 spiro atoms. The van der Waals surface area contributed by atoms with Crippen LogP contribution in [0.15, 0.2) is 252 Å². The van der Waals surface area contributed by atoms with Crippen LogP contribution in [0.3, 0.4) is 0 Å². The van der Waals surface area contributed by atoms with Crippen molar-refractivity contribution in [1.29, 1.82) is 0 Å². The van der Waals surface area contributed by atoms with Crippen molar-refractivity contribution in [3.63, 3.8) is 0 Å². The fraction of sp³-hybridized carbons (Fsp3) is 0.0606. The number of para-hydroxylation sites is 2. The van der Waals surface area contributed by atoms with Gasteiger partial charge in [-0.2, -0.15) is 0 Å². The Kier molecular flexibility index (Phi) is 8.29. The van der Waals surface area contributed by atoms with E-state index in [1.807, 2.05) is 11.8 Å². The van der Waals surface area contributed by atoms with Crippen molar-refractivity contribution in [1.82, 2.24) is 0 Å². The normalized spacial score (nSPS) is 17.0. The Morgan fingerprint density at radius 3 is 1.64 bits per heavy atom. The second-order valence-corrected chi connectivity index (χ2v) is 20.0. The van der Waals surface area contributed by atoms with Gasteiger partial charge in [0.2, 0.25) is 0 Å². The number of nitrogens with zero attached hydrogens (tertiary/aromatic N) is 1. The zero-order valence-electron chi connectivity index (χ0n) is 37.7. The van der Waals surface area contributed by atoms with Crippen molar-refractivity contribution in [2.45, 2.75) is 28.6 Å². The van der Waals surface area contributed by atoms with E-state index >= 15 is 0 Å². The van der Waals surface area contributed by atoms with E-state index in [1.165, 1.54) is 98.5 Å². The summed E-state index contributed by atoms with van der Waals surface area (Å²) < 4.78 is 6.67. The molecular weight excluding hydrogens is 855 g/mol. The molecule has 0 fully saturated rings. The summed E-state index contributed by atoms with van der Waals surface area (Å²) in [6, 6.07) is 83.7. The molecular formula is C66H43NOS. The first-order chi connectivity index (χ1) is 34.2. The number of rotatable bonds is 4. The smallest absolute Gasteiger partial charge is 0.132 e. The van der Waals surface area contributed by atoms with Crippen molar-refractivity contribution >= 4 is 39.6 Å². The van der Waals surface area contributed by atoms with Crippen LogP contribution in [0.1, 0.15) is 51.8 Å². The molecule has 0 saturated carbocycles. The molecule has 2 nitrogen and oxygen atoms in total. The van der Waals surface area contributed by atoms with Crippen molar-refractivity contribution in [3.05, 3.63) is 286 Å². The maximum atomic E-state index is 6.67. The van der Waals surface area contributed by atoms with E-state index in [-0.39, 0.29) is 5.41 Å². The molecule has 69 heavy (non-hydrogen) atoms. The Morgan fingerprint density at radius 1 is 0.406 bits per heavy atom. The molecule has 324 valence electrons. The van der Waals surface area contributed by atoms with Gasteiger partial charge in [-0.15, -0.1) is 0 Å². The lowest BCUT2D eigenvalue weighted by atomic mass is 9.65. The zero-order valence-corrected chi connectivity index (χ0v) is 38.5. The maximum Gasteiger partial charge on any atom is 0.132 e. The number of anilines is 3. The first-order valence-electron chi connectivity index (χ1n) is 24.1. The quantitative estimate of drug-likeness (QED) is 0.175. The summed E-state index contributed by atoms with van der Waals surface area (Å²) in [5, 5.41) is 2.50. The van der Waals surface area contributed by atoms with Crippen LogP contribution in [0.2, 0.25) is 0 Å². The monoisotopic (exact) mass is 897 g/mol. The number of fused-ring (bicyclic) bond motifs is 18. The van der Waals surface area contributed by atoms with Gasteiger partial charge in [-0.05, 0) is 145 Å². The Hall–Kier alpha value is -8.11. The third kappa shape index (κ3) is 5.28. The van der Waals surface area contributed by atoms with E-state index < -0.39 is 5.41 Å². The lowest BCUT2D eigenvalue weighted by molar-refractivity contribution is 0.436. The van der Waals surface area contributed by atoms with Crippen LogP contribution in [0.25, 0.3) is 44.2 Å². The van der Waals surface area contributed by atoms with E-state index in [2.05, 4.69) is 242 Å². The summed E-state index contributed by atoms with van der Waals surface area (Å²) in [6.07, 6.45) is 6.83. The predicted molar refractivity (Wildman–Crippen MR) is 284 cm³/mol. The first kappa shape index (κ1) is 38.9. The van der Waals surface area contributed by atoms with E-state index in [0.29, 0.717) is 0 Å². The number of ether oxygens (including phenoxy) is 1. The highest BCUT2D eigenvalue weighted by atomic mass is 32.2. The van der Waals surface area contributed by atoms with Gasteiger partial charge in [0.15, 0.2) is 0 Å². The number of allylic oxidation sites excluding steroid dienone is 3. The molecule has 0 N–H and O–H groups in total. The first-order valence-corrected chi connectivity index (χ1v) is 24.9. The van der Waals surface area contributed by atoms with Crippen LogP contribution >= 0.6 is 11.8 Å². The van der Waals surface area contributed by atoms with Crippen LogP contribution in [-0.2, 0) is 10.8 Å². The largest absolute Gasteiger partial charge is 0.457 e. The van der Waals surface area contributed by atoms with Crippen LogP contribution in [-0.4, -0.2) is 0 Å². The highest BCUT2D eigenvalue weighted by Gasteiger charge is 2.53. The topological polar surface area (TPSA) is 12.5 Å². The summed E-state index contributed by atoms with van der Waals surface area (Å²) >= 11 is 1.94. The minimum Gasteiger partial charge on any atom is -0.457 e. The average Bonchev–Trinajstić information content (AvgIpc) is 3.86. The third-order valence-electron chi connectivity index (χ3n) is 15.7. The van der Waals surface area contributed by atoms with Crippen molar-refractivity contribution in [2.75, 3.05) is 4.90 Å². The molecule has 0 amide bonds. The van der Waals surface area contributed by atoms with Crippen LogP contribution in [0.5, 0.6) is 11.5 Å². The standard InChI is InChI=1S/C66H43NOS/c1-2-18-47-42(16-1)17-15-21-48(47)43-32-34-44(35-33-43)67(45-36-38-55-51(40-45)49-19-3-5-22-53(49)65(55)57-24-7-11-28-61(57)68-62-29-12-8-25-58(62)65)46-37-39-56-52(41-46)50-20-4-6-23-54(50)66(56)59-26-9-13-30-63(59)69-64-31-14-10-27-60(64)66/h1-9,11-26,28-41H,10,27H2. The molecule has 3 aliphatic carbocycles. The molecule has 0 aromatic heterocycles. The predicted octanol–water partition coefficient (Wildman–Crippen LogP) is 17.5. The van der Waals surface area contributed by atoms with Crippen molar-refractivity contribution in [2.24, 2.45) is 0 Å². The molecule has 2 heterocycles. The number of hydrogen-bond donors (Lipinski definition) is 0.